The van der Waals surface area contributed by atoms with Gasteiger partial charge in [-0.15, -0.1) is 23.1 Å². The third-order valence-corrected chi connectivity index (χ3v) is 5.52. The molecule has 0 aliphatic heterocycles. The van der Waals surface area contributed by atoms with E-state index in [1.54, 1.807) is 31.2 Å². The molecule has 124 valence electrons. The quantitative estimate of drug-likeness (QED) is 0.592. The molecule has 2 aromatic rings. The smallest absolute Gasteiger partial charge is 0.349 e. The number of rotatable bonds is 5. The van der Waals surface area contributed by atoms with Gasteiger partial charge in [0, 0.05) is 5.56 Å². The average Bonchev–Trinajstić information content (AvgIpc) is 3.00. The third kappa shape index (κ3) is 3.45. The molecule has 0 saturated carbocycles. The number of carbonyl (C=O) groups excluding carboxylic acids is 2. The highest BCUT2D eigenvalue weighted by Crippen LogP contribution is 2.41. The first kappa shape index (κ1) is 18.0. The highest BCUT2D eigenvalue weighted by atomic mass is 32.2. The molecule has 0 aliphatic carbocycles. The zero-order chi connectivity index (χ0) is 17.7. The van der Waals surface area contributed by atoms with E-state index in [4.69, 9.17) is 4.74 Å². The molecular formula is C17H15NO4S2. The maximum absolute atomic E-state index is 12.3. The molecule has 2 rings (SSSR count). The summed E-state index contributed by atoms with van der Waals surface area (Å²) in [4.78, 5) is 24.2. The van der Waals surface area contributed by atoms with Crippen molar-refractivity contribution < 1.29 is 19.1 Å². The number of nitrogens with zero attached hydrogens (tertiary/aromatic N) is 1. The van der Waals surface area contributed by atoms with Crippen molar-refractivity contribution in [2.75, 3.05) is 20.0 Å². The minimum absolute atomic E-state index is 0.258. The van der Waals surface area contributed by atoms with Gasteiger partial charge in [-0.1, -0.05) is 12.1 Å². The number of benzene rings is 1. The van der Waals surface area contributed by atoms with Crippen molar-refractivity contribution >= 4 is 35.0 Å². The first-order chi connectivity index (χ1) is 11.6. The summed E-state index contributed by atoms with van der Waals surface area (Å²) in [7, 11) is 1.31. The molecule has 0 amide bonds. The van der Waals surface area contributed by atoms with Crippen molar-refractivity contribution in [2.45, 2.75) is 11.1 Å². The van der Waals surface area contributed by atoms with Gasteiger partial charge in [0.15, 0.2) is 0 Å². The highest BCUT2D eigenvalue weighted by Gasteiger charge is 2.25. The Hall–Kier alpha value is -2.30. The zero-order valence-electron chi connectivity index (χ0n) is 13.4. The van der Waals surface area contributed by atoms with Crippen LogP contribution in [0.3, 0.4) is 0 Å². The Morgan fingerprint density at radius 2 is 1.92 bits per heavy atom. The molecule has 0 radical (unpaired) electrons. The van der Waals surface area contributed by atoms with Crippen LogP contribution in [0.4, 0.5) is 0 Å². The van der Waals surface area contributed by atoms with Gasteiger partial charge in [-0.2, -0.15) is 5.26 Å². The average molecular weight is 361 g/mol. The van der Waals surface area contributed by atoms with E-state index >= 15 is 0 Å². The van der Waals surface area contributed by atoms with Crippen LogP contribution in [0.25, 0.3) is 11.1 Å². The fourth-order valence-corrected chi connectivity index (χ4v) is 4.00. The minimum atomic E-state index is -0.452. The summed E-state index contributed by atoms with van der Waals surface area (Å²) < 4.78 is 10.5. The number of methoxy groups -OCH3 is 1. The molecule has 5 nitrogen and oxygen atoms in total. The fourth-order valence-electron chi connectivity index (χ4n) is 2.16. The van der Waals surface area contributed by atoms with Gasteiger partial charge in [0.05, 0.1) is 29.1 Å². The summed E-state index contributed by atoms with van der Waals surface area (Å²) in [6, 6.07) is 8.77. The van der Waals surface area contributed by atoms with E-state index in [0.717, 1.165) is 4.21 Å². The Balaban J connectivity index is 2.59. The number of carbonyl (C=O) groups is 2. The van der Waals surface area contributed by atoms with Crippen molar-refractivity contribution in [2.24, 2.45) is 0 Å². The molecule has 0 atom stereocenters. The van der Waals surface area contributed by atoms with E-state index in [9.17, 15) is 14.9 Å². The van der Waals surface area contributed by atoms with Crippen LogP contribution in [-0.2, 0) is 9.47 Å². The number of nitriles is 1. The second-order valence-electron chi connectivity index (χ2n) is 4.57. The molecule has 7 heteroatoms. The lowest BCUT2D eigenvalue weighted by Gasteiger charge is -2.06. The van der Waals surface area contributed by atoms with E-state index in [1.807, 2.05) is 6.26 Å². The van der Waals surface area contributed by atoms with Crippen LogP contribution in [-0.4, -0.2) is 31.9 Å². The summed E-state index contributed by atoms with van der Waals surface area (Å²) in [5, 5.41) is 9.51. The summed E-state index contributed by atoms with van der Waals surface area (Å²) in [6.07, 6.45) is 1.85. The second-order valence-corrected chi connectivity index (χ2v) is 6.67. The fraction of sp³-hybridized carbons (Fsp3) is 0.235. The first-order valence-electron chi connectivity index (χ1n) is 7.04. The monoisotopic (exact) mass is 361 g/mol. The molecule has 0 unspecified atom stereocenters. The van der Waals surface area contributed by atoms with Gasteiger partial charge in [-0.3, -0.25) is 0 Å². The molecular weight excluding hydrogens is 346 g/mol. The summed E-state index contributed by atoms with van der Waals surface area (Å²) in [5.74, 6) is -0.894. The molecule has 1 aromatic heterocycles. The lowest BCUT2D eigenvalue weighted by molar-refractivity contribution is 0.0531. The zero-order valence-corrected chi connectivity index (χ0v) is 15.0. The van der Waals surface area contributed by atoms with Crippen molar-refractivity contribution in [3.05, 3.63) is 40.3 Å². The van der Waals surface area contributed by atoms with Gasteiger partial charge < -0.3 is 9.47 Å². The van der Waals surface area contributed by atoms with E-state index in [2.05, 4.69) is 10.8 Å². The van der Waals surface area contributed by atoms with Crippen LogP contribution in [0.5, 0.6) is 0 Å². The maximum atomic E-state index is 12.3. The normalized spacial score (nSPS) is 10.1. The van der Waals surface area contributed by atoms with E-state index in [1.165, 1.54) is 30.2 Å². The lowest BCUT2D eigenvalue weighted by Crippen LogP contribution is -2.04. The van der Waals surface area contributed by atoms with Gasteiger partial charge in [0.2, 0.25) is 0 Å². The number of hydrogen-bond acceptors (Lipinski definition) is 7. The van der Waals surface area contributed by atoms with Gasteiger partial charge in [0.25, 0.3) is 0 Å². The largest absolute Gasteiger partial charge is 0.465 e. The van der Waals surface area contributed by atoms with E-state index in [-0.39, 0.29) is 6.61 Å². The molecule has 0 N–H and O–H groups in total. The predicted molar refractivity (Wildman–Crippen MR) is 93.5 cm³/mol. The van der Waals surface area contributed by atoms with E-state index in [0.29, 0.717) is 27.1 Å². The highest BCUT2D eigenvalue weighted by molar-refractivity contribution is 8.00. The van der Waals surface area contributed by atoms with Crippen LogP contribution in [0.1, 0.15) is 32.5 Å². The van der Waals surface area contributed by atoms with Crippen molar-refractivity contribution in [3.63, 3.8) is 0 Å². The topological polar surface area (TPSA) is 76.4 Å². The molecule has 24 heavy (non-hydrogen) atoms. The van der Waals surface area contributed by atoms with Crippen molar-refractivity contribution in [3.8, 4) is 17.2 Å². The molecule has 1 heterocycles. The molecule has 0 bridgehead atoms. The third-order valence-electron chi connectivity index (χ3n) is 3.23. The van der Waals surface area contributed by atoms with Gasteiger partial charge >= 0.3 is 11.9 Å². The predicted octanol–water partition coefficient (Wildman–Crippen LogP) is 3.97. The van der Waals surface area contributed by atoms with Crippen LogP contribution >= 0.6 is 23.1 Å². The molecule has 0 fully saturated rings. The summed E-state index contributed by atoms with van der Waals surface area (Å²) >= 11 is 2.65. The standard InChI is InChI=1S/C17H15NO4S2/c1-4-22-16(20)14-13(12(9-18)17(23-3)24-14)10-5-7-11(8-6-10)15(19)21-2/h5-8H,4H2,1-3H3. The lowest BCUT2D eigenvalue weighted by atomic mass is 10.0. The summed E-state index contributed by atoms with van der Waals surface area (Å²) in [5.41, 5.74) is 2.07. The van der Waals surface area contributed by atoms with Gasteiger partial charge in [-0.05, 0) is 30.9 Å². The molecule has 0 aliphatic rings. The van der Waals surface area contributed by atoms with E-state index < -0.39 is 11.9 Å². The number of hydrogen-bond donors (Lipinski definition) is 0. The Morgan fingerprint density at radius 1 is 1.25 bits per heavy atom. The van der Waals surface area contributed by atoms with Gasteiger partial charge in [-0.25, -0.2) is 9.59 Å². The van der Waals surface area contributed by atoms with Crippen LogP contribution in [0, 0.1) is 11.3 Å². The SMILES string of the molecule is CCOC(=O)c1sc(SC)c(C#N)c1-c1ccc(C(=O)OC)cc1. The van der Waals surface area contributed by atoms with Crippen LogP contribution in [0.15, 0.2) is 28.5 Å². The Bertz CT molecular complexity index is 803. The number of ether oxygens (including phenoxy) is 2. The number of thioether (sulfide) groups is 1. The van der Waals surface area contributed by atoms with Crippen LogP contribution in [0.2, 0.25) is 0 Å². The second kappa shape index (κ2) is 7.99. The number of esters is 2. The molecule has 0 spiro atoms. The Kier molecular flexibility index (Phi) is 6.01. The molecule has 1 aromatic carbocycles. The van der Waals surface area contributed by atoms with Crippen molar-refractivity contribution in [1.29, 1.82) is 5.26 Å². The Morgan fingerprint density at radius 3 is 2.42 bits per heavy atom. The first-order valence-corrected chi connectivity index (χ1v) is 9.08. The molecule has 0 saturated heterocycles. The number of thiophene rings is 1. The maximum Gasteiger partial charge on any atom is 0.349 e. The Labute approximate surface area is 148 Å². The summed E-state index contributed by atoms with van der Waals surface area (Å²) in [6.45, 7) is 1.99. The van der Waals surface area contributed by atoms with Crippen LogP contribution < -0.4 is 0 Å². The van der Waals surface area contributed by atoms with Crippen molar-refractivity contribution in [1.82, 2.24) is 0 Å². The van der Waals surface area contributed by atoms with Gasteiger partial charge in [0.1, 0.15) is 10.9 Å². The minimum Gasteiger partial charge on any atom is -0.465 e.